The average Bonchev–Trinajstić information content (AvgIpc) is 3.64. The summed E-state index contributed by atoms with van der Waals surface area (Å²) < 4.78 is 22.9. The van der Waals surface area contributed by atoms with Gasteiger partial charge in [-0.15, -0.1) is 0 Å². The fraction of sp³-hybridized carbons (Fsp3) is 0.986. The van der Waals surface area contributed by atoms with Crippen LogP contribution in [0.3, 0.4) is 0 Å². The molecule has 2 saturated heterocycles. The summed E-state index contributed by atoms with van der Waals surface area (Å²) in [6.45, 7) is 2.93. The summed E-state index contributed by atoms with van der Waals surface area (Å²) in [5.41, 5.74) is 0. The van der Waals surface area contributed by atoms with Crippen LogP contribution in [-0.2, 0) is 23.7 Å². The molecule has 2 fully saturated rings. The fourth-order valence-corrected chi connectivity index (χ4v) is 12.4. The van der Waals surface area contributed by atoms with Gasteiger partial charge in [-0.25, -0.2) is 0 Å². The van der Waals surface area contributed by atoms with Crippen LogP contribution in [0.4, 0.5) is 0 Å². The van der Waals surface area contributed by atoms with E-state index in [0.717, 1.165) is 51.4 Å². The van der Waals surface area contributed by atoms with Crippen molar-refractivity contribution in [2.24, 2.45) is 0 Å². The van der Waals surface area contributed by atoms with Gasteiger partial charge in [-0.1, -0.05) is 322 Å². The Morgan fingerprint density at radius 2 is 0.687 bits per heavy atom. The Morgan fingerprint density at radius 3 is 1.02 bits per heavy atom. The van der Waals surface area contributed by atoms with Gasteiger partial charge in [0.1, 0.15) is 48.8 Å². The number of ether oxygens (including phenoxy) is 4. The Kier molecular flexibility index (Phi) is 51.8. The molecule has 9 N–H and O–H groups in total. The number of hydrogen-bond donors (Lipinski definition) is 9. The van der Waals surface area contributed by atoms with E-state index in [1.807, 2.05) is 0 Å². The summed E-state index contributed by atoms with van der Waals surface area (Å²) in [6.07, 6.45) is 48.4. The minimum atomic E-state index is -1.78. The molecule has 0 radical (unpaired) electrons. The Morgan fingerprint density at radius 1 is 0.386 bits per heavy atom. The lowest BCUT2D eigenvalue weighted by molar-refractivity contribution is -0.359. The highest BCUT2D eigenvalue weighted by Crippen LogP contribution is 2.30. The number of amides is 1. The highest BCUT2D eigenvalue weighted by Gasteiger charge is 2.51. The quantitative estimate of drug-likeness (QED) is 0.0259. The van der Waals surface area contributed by atoms with Crippen molar-refractivity contribution in [1.82, 2.24) is 5.32 Å². The second kappa shape index (κ2) is 55.1. The number of carbonyl (C=O) groups excluding carboxylic acids is 1. The lowest BCUT2D eigenvalue weighted by Gasteiger charge is -2.46. The van der Waals surface area contributed by atoms with Crippen molar-refractivity contribution in [3.05, 3.63) is 0 Å². The topological polar surface area (TPSA) is 228 Å². The van der Waals surface area contributed by atoms with Crippen molar-refractivity contribution in [2.45, 2.75) is 415 Å². The minimum Gasteiger partial charge on any atom is -0.394 e. The average molecular weight is 1190 g/mol. The maximum absolute atomic E-state index is 13.3. The molecule has 0 spiro atoms. The van der Waals surface area contributed by atoms with Crippen LogP contribution in [0.25, 0.3) is 0 Å². The zero-order valence-corrected chi connectivity index (χ0v) is 53.7. The zero-order valence-electron chi connectivity index (χ0n) is 53.7. The smallest absolute Gasteiger partial charge is 0.220 e. The van der Waals surface area contributed by atoms with Crippen molar-refractivity contribution >= 4 is 5.91 Å². The van der Waals surface area contributed by atoms with E-state index >= 15 is 0 Å². The van der Waals surface area contributed by atoms with E-state index in [-0.39, 0.29) is 12.5 Å². The fourth-order valence-electron chi connectivity index (χ4n) is 12.4. The van der Waals surface area contributed by atoms with Crippen LogP contribution in [0.2, 0.25) is 0 Å². The molecule has 0 aliphatic carbocycles. The van der Waals surface area contributed by atoms with E-state index in [1.165, 1.54) is 263 Å². The first-order valence-corrected chi connectivity index (χ1v) is 35.8. The molecule has 1 amide bonds. The van der Waals surface area contributed by atoms with Gasteiger partial charge in [0.15, 0.2) is 12.6 Å². The van der Waals surface area contributed by atoms with Crippen LogP contribution < -0.4 is 5.32 Å². The third-order valence-corrected chi connectivity index (χ3v) is 18.1. The molecule has 0 aromatic rings. The summed E-state index contributed by atoms with van der Waals surface area (Å²) in [5.74, 6) is -0.198. The maximum atomic E-state index is 13.3. The predicted molar refractivity (Wildman–Crippen MR) is 337 cm³/mol. The van der Waals surface area contributed by atoms with E-state index in [9.17, 15) is 45.6 Å². The summed E-state index contributed by atoms with van der Waals surface area (Å²) in [7, 11) is 0. The standard InChI is InChI=1S/C69H135NO13/c1-3-5-7-9-11-13-15-17-19-21-23-24-25-26-27-28-29-30-31-32-33-34-35-36-38-40-42-44-46-48-50-52-58(73)57(70-61(74)53-51-49-47-45-43-41-39-37-22-20-18-16-14-12-10-8-6-4-2)56-80-68-66(79)64(77)67(60(55-72)82-68)83-69-65(78)63(76)62(75)59(54-71)81-69/h57-60,62-69,71-73,75-79H,3-56H2,1-2H3,(H,70,74). The third-order valence-electron chi connectivity index (χ3n) is 18.1. The largest absolute Gasteiger partial charge is 0.394 e. The minimum absolute atomic E-state index is 0.198. The normalized spacial score (nSPS) is 23.7. The van der Waals surface area contributed by atoms with Crippen LogP contribution in [-0.4, -0.2) is 140 Å². The third kappa shape index (κ3) is 39.6. The van der Waals surface area contributed by atoms with Gasteiger partial charge in [0.2, 0.25) is 5.91 Å². The number of aliphatic hydroxyl groups excluding tert-OH is 8. The van der Waals surface area contributed by atoms with Crippen molar-refractivity contribution in [1.29, 1.82) is 0 Å². The van der Waals surface area contributed by atoms with Gasteiger partial charge in [-0.05, 0) is 12.8 Å². The lowest BCUT2D eigenvalue weighted by atomic mass is 9.97. The lowest BCUT2D eigenvalue weighted by Crippen LogP contribution is -2.65. The van der Waals surface area contributed by atoms with Gasteiger partial charge in [-0.2, -0.15) is 0 Å². The molecule has 0 saturated carbocycles. The van der Waals surface area contributed by atoms with Crippen molar-refractivity contribution < 1.29 is 64.6 Å². The van der Waals surface area contributed by atoms with Gasteiger partial charge < -0.3 is 65.1 Å². The molecular formula is C69H135NO13. The first-order chi connectivity index (χ1) is 40.6. The van der Waals surface area contributed by atoms with E-state index in [2.05, 4.69) is 19.2 Å². The Bertz CT molecular complexity index is 1400. The monoisotopic (exact) mass is 1190 g/mol. The maximum Gasteiger partial charge on any atom is 0.220 e. The van der Waals surface area contributed by atoms with E-state index in [4.69, 9.17) is 18.9 Å². The molecule has 2 heterocycles. The Labute approximate surface area is 508 Å². The summed E-state index contributed by atoms with van der Waals surface area (Å²) in [5, 5.41) is 87.6. The van der Waals surface area contributed by atoms with Gasteiger partial charge in [0.25, 0.3) is 0 Å². The number of rotatable bonds is 60. The SMILES string of the molecule is CCCCCCCCCCCCCCCCCCCCCCCCCCCCCCCCCC(O)C(COC1OC(CO)C(OC2OC(CO)C(O)C(O)C2O)C(O)C1O)NC(=O)CCCCCCCCCCCCCCCCCCCC. The summed E-state index contributed by atoms with van der Waals surface area (Å²) >= 11 is 0. The van der Waals surface area contributed by atoms with E-state index < -0.39 is 86.8 Å². The molecule has 14 heteroatoms. The summed E-state index contributed by atoms with van der Waals surface area (Å²) in [4.78, 5) is 13.3. The first kappa shape index (κ1) is 78.1. The van der Waals surface area contributed by atoms with E-state index in [1.54, 1.807) is 0 Å². The highest BCUT2D eigenvalue weighted by atomic mass is 16.7. The Hall–Kier alpha value is -1.01. The number of aliphatic hydroxyl groups is 8. The van der Waals surface area contributed by atoms with Gasteiger partial charge in [0.05, 0.1) is 32.0 Å². The predicted octanol–water partition coefficient (Wildman–Crippen LogP) is 14.4. The molecule has 494 valence electrons. The van der Waals surface area contributed by atoms with Crippen molar-refractivity contribution in [3.63, 3.8) is 0 Å². The zero-order chi connectivity index (χ0) is 60.2. The molecule has 12 unspecified atom stereocenters. The van der Waals surface area contributed by atoms with E-state index in [0.29, 0.717) is 12.8 Å². The van der Waals surface area contributed by atoms with Crippen molar-refractivity contribution in [3.8, 4) is 0 Å². The molecular weight excluding hydrogens is 1050 g/mol. The van der Waals surface area contributed by atoms with Crippen LogP contribution >= 0.6 is 0 Å². The molecule has 0 aromatic heterocycles. The molecule has 0 aromatic carbocycles. The molecule has 83 heavy (non-hydrogen) atoms. The van der Waals surface area contributed by atoms with Gasteiger partial charge >= 0.3 is 0 Å². The molecule has 14 nitrogen and oxygen atoms in total. The molecule has 2 aliphatic heterocycles. The Balaban J connectivity index is 1.63. The molecule has 12 atom stereocenters. The van der Waals surface area contributed by atoms with Crippen molar-refractivity contribution in [2.75, 3.05) is 19.8 Å². The number of hydrogen-bond acceptors (Lipinski definition) is 13. The molecule has 2 rings (SSSR count). The molecule has 2 aliphatic rings. The first-order valence-electron chi connectivity index (χ1n) is 35.8. The van der Waals surface area contributed by atoms with Gasteiger partial charge in [0, 0.05) is 6.42 Å². The van der Waals surface area contributed by atoms with Gasteiger partial charge in [-0.3, -0.25) is 4.79 Å². The van der Waals surface area contributed by atoms with Crippen LogP contribution in [0.5, 0.6) is 0 Å². The second-order valence-corrected chi connectivity index (χ2v) is 25.7. The summed E-state index contributed by atoms with van der Waals surface area (Å²) in [6, 6.07) is -0.824. The van der Waals surface area contributed by atoms with Crippen LogP contribution in [0.15, 0.2) is 0 Å². The highest BCUT2D eigenvalue weighted by molar-refractivity contribution is 5.76. The van der Waals surface area contributed by atoms with Crippen LogP contribution in [0, 0.1) is 0 Å². The number of nitrogens with one attached hydrogen (secondary N) is 1. The number of unbranched alkanes of at least 4 members (excludes halogenated alkanes) is 47. The molecule has 0 bridgehead atoms. The van der Waals surface area contributed by atoms with Crippen LogP contribution in [0.1, 0.15) is 341 Å². The number of carbonyl (C=O) groups is 1. The second-order valence-electron chi connectivity index (χ2n) is 25.7.